The zero-order valence-electron chi connectivity index (χ0n) is 12.5. The van der Waals surface area contributed by atoms with Gasteiger partial charge in [-0.25, -0.2) is 4.79 Å². The molecule has 7 heteroatoms. The number of nitrogens with one attached hydrogen (secondary N) is 2. The number of benzene rings is 1. The Kier molecular flexibility index (Phi) is 4.71. The van der Waals surface area contributed by atoms with Crippen LogP contribution in [0.3, 0.4) is 0 Å². The van der Waals surface area contributed by atoms with Crippen LogP contribution in [0, 0.1) is 5.82 Å². The van der Waals surface area contributed by atoms with Crippen LogP contribution >= 0.6 is 11.6 Å². The van der Waals surface area contributed by atoms with E-state index in [1.165, 1.54) is 0 Å². The quantitative estimate of drug-likeness (QED) is 0.907. The maximum Gasteiger partial charge on any atom is 0.330 e. The lowest BCUT2D eigenvalue weighted by Gasteiger charge is -2.17. The molecular weight excluding hydrogens is 309 g/mol. The lowest BCUT2D eigenvalue weighted by atomic mass is 10.1. The van der Waals surface area contributed by atoms with E-state index in [0.29, 0.717) is 5.02 Å². The Morgan fingerprint density at radius 1 is 1.27 bits per heavy atom. The minimum Gasteiger partial charge on any atom is -0.362 e. The summed E-state index contributed by atoms with van der Waals surface area (Å²) in [6.45, 7) is 5.05. The molecule has 0 bridgehead atoms. The van der Waals surface area contributed by atoms with Gasteiger partial charge in [0.05, 0.1) is 6.04 Å². The van der Waals surface area contributed by atoms with Crippen molar-refractivity contribution in [3.05, 3.63) is 61.5 Å². The molecule has 0 unspecified atom stereocenters. The number of aromatic amines is 1. The highest BCUT2D eigenvalue weighted by Gasteiger charge is 2.17. The molecule has 0 aliphatic heterocycles. The van der Waals surface area contributed by atoms with Gasteiger partial charge in [0.15, 0.2) is 0 Å². The van der Waals surface area contributed by atoms with Crippen LogP contribution in [0.4, 0.5) is 10.2 Å². The van der Waals surface area contributed by atoms with E-state index in [1.807, 2.05) is 6.07 Å². The van der Waals surface area contributed by atoms with Crippen LogP contribution in [0.5, 0.6) is 0 Å². The first kappa shape index (κ1) is 16.3. The van der Waals surface area contributed by atoms with Gasteiger partial charge in [-0.2, -0.15) is 4.39 Å². The van der Waals surface area contributed by atoms with Crippen molar-refractivity contribution in [2.75, 3.05) is 5.32 Å². The SMILES string of the molecule is CC(C)n1c(=O)[nH]c(N[C@@H](C)c2cccc(Cl)c2)c(F)c1=O. The molecule has 1 heterocycles. The molecule has 2 aromatic rings. The first-order valence-corrected chi connectivity index (χ1v) is 7.25. The second kappa shape index (κ2) is 6.36. The van der Waals surface area contributed by atoms with Crippen molar-refractivity contribution in [1.29, 1.82) is 0 Å². The van der Waals surface area contributed by atoms with E-state index in [1.54, 1.807) is 39.0 Å². The summed E-state index contributed by atoms with van der Waals surface area (Å²) in [7, 11) is 0. The van der Waals surface area contributed by atoms with Gasteiger partial charge >= 0.3 is 5.69 Å². The van der Waals surface area contributed by atoms with Gasteiger partial charge in [-0.15, -0.1) is 0 Å². The molecule has 2 N–H and O–H groups in total. The molecule has 2 rings (SSSR count). The van der Waals surface area contributed by atoms with Crippen molar-refractivity contribution in [2.24, 2.45) is 0 Å². The van der Waals surface area contributed by atoms with Gasteiger partial charge in [-0.1, -0.05) is 23.7 Å². The van der Waals surface area contributed by atoms with Gasteiger partial charge in [0.2, 0.25) is 5.82 Å². The summed E-state index contributed by atoms with van der Waals surface area (Å²) < 4.78 is 15.0. The molecule has 5 nitrogen and oxygen atoms in total. The van der Waals surface area contributed by atoms with Crippen molar-refractivity contribution in [2.45, 2.75) is 32.9 Å². The Hall–Kier alpha value is -2.08. The fourth-order valence-corrected chi connectivity index (χ4v) is 2.37. The lowest BCUT2D eigenvalue weighted by Crippen LogP contribution is -2.39. The number of halogens is 2. The predicted molar refractivity (Wildman–Crippen MR) is 85.2 cm³/mol. The molecule has 0 saturated heterocycles. The highest BCUT2D eigenvalue weighted by atomic mass is 35.5. The lowest BCUT2D eigenvalue weighted by molar-refractivity contribution is 0.498. The van der Waals surface area contributed by atoms with E-state index in [9.17, 15) is 14.0 Å². The van der Waals surface area contributed by atoms with Crippen LogP contribution in [-0.4, -0.2) is 9.55 Å². The van der Waals surface area contributed by atoms with Crippen LogP contribution in [-0.2, 0) is 0 Å². The monoisotopic (exact) mass is 325 g/mol. The van der Waals surface area contributed by atoms with Gasteiger partial charge in [0, 0.05) is 11.1 Å². The second-order valence-electron chi connectivity index (χ2n) is 5.31. The fraction of sp³-hybridized carbons (Fsp3) is 0.333. The van der Waals surface area contributed by atoms with Crippen molar-refractivity contribution >= 4 is 17.4 Å². The Morgan fingerprint density at radius 2 is 1.95 bits per heavy atom. The van der Waals surface area contributed by atoms with Crippen LogP contribution < -0.4 is 16.6 Å². The summed E-state index contributed by atoms with van der Waals surface area (Å²) in [6, 6.07) is 6.28. The van der Waals surface area contributed by atoms with Crippen molar-refractivity contribution in [3.63, 3.8) is 0 Å². The van der Waals surface area contributed by atoms with E-state index in [4.69, 9.17) is 11.6 Å². The zero-order valence-corrected chi connectivity index (χ0v) is 13.2. The van der Waals surface area contributed by atoms with Gasteiger partial charge in [0.25, 0.3) is 5.56 Å². The molecule has 118 valence electrons. The Morgan fingerprint density at radius 3 is 2.55 bits per heavy atom. The molecule has 1 atom stereocenters. The second-order valence-corrected chi connectivity index (χ2v) is 5.75. The first-order chi connectivity index (χ1) is 10.3. The highest BCUT2D eigenvalue weighted by Crippen LogP contribution is 2.21. The van der Waals surface area contributed by atoms with Gasteiger partial charge < -0.3 is 5.32 Å². The molecule has 0 saturated carbocycles. The average molecular weight is 326 g/mol. The number of anilines is 1. The van der Waals surface area contributed by atoms with Crippen molar-refractivity contribution in [3.8, 4) is 0 Å². The molecule has 1 aromatic carbocycles. The van der Waals surface area contributed by atoms with E-state index in [0.717, 1.165) is 10.1 Å². The van der Waals surface area contributed by atoms with Crippen molar-refractivity contribution < 1.29 is 4.39 Å². The summed E-state index contributed by atoms with van der Waals surface area (Å²) in [5.41, 5.74) is -0.789. The van der Waals surface area contributed by atoms with Gasteiger partial charge in [-0.3, -0.25) is 14.3 Å². The van der Waals surface area contributed by atoms with Crippen molar-refractivity contribution in [1.82, 2.24) is 9.55 Å². The number of nitrogens with zero attached hydrogens (tertiary/aromatic N) is 1. The minimum absolute atomic E-state index is 0.223. The number of H-pyrrole nitrogens is 1. The smallest absolute Gasteiger partial charge is 0.330 e. The summed E-state index contributed by atoms with van der Waals surface area (Å²) in [6.07, 6.45) is 0. The number of hydrogen-bond acceptors (Lipinski definition) is 3. The standard InChI is InChI=1S/C15H17ClFN3O2/c1-8(2)20-14(21)12(17)13(19-15(20)22)18-9(3)10-5-4-6-11(16)7-10/h4-9,18H,1-3H3,(H,19,22)/t9-/m0/s1. The van der Waals surface area contributed by atoms with Gasteiger partial charge in [0.1, 0.15) is 5.82 Å². The molecule has 0 aliphatic carbocycles. The molecule has 0 fully saturated rings. The van der Waals surface area contributed by atoms with Crippen LogP contribution in [0.2, 0.25) is 5.02 Å². The Balaban J connectivity index is 2.39. The van der Waals surface area contributed by atoms with Crippen LogP contribution in [0.25, 0.3) is 0 Å². The summed E-state index contributed by atoms with van der Waals surface area (Å²) in [4.78, 5) is 26.2. The van der Waals surface area contributed by atoms with Gasteiger partial charge in [-0.05, 0) is 38.5 Å². The third-order valence-corrected chi connectivity index (χ3v) is 3.54. The molecular formula is C15H17ClFN3O2. The molecule has 1 aromatic heterocycles. The van der Waals surface area contributed by atoms with E-state index >= 15 is 0 Å². The maximum atomic E-state index is 14.2. The van der Waals surface area contributed by atoms with Crippen LogP contribution in [0.15, 0.2) is 33.9 Å². The topological polar surface area (TPSA) is 66.9 Å². The zero-order chi connectivity index (χ0) is 16.4. The average Bonchev–Trinajstić information content (AvgIpc) is 2.44. The largest absolute Gasteiger partial charge is 0.362 e. The molecule has 0 spiro atoms. The minimum atomic E-state index is -1.01. The molecule has 0 radical (unpaired) electrons. The normalized spacial score (nSPS) is 12.5. The third-order valence-electron chi connectivity index (χ3n) is 3.30. The molecule has 22 heavy (non-hydrogen) atoms. The van der Waals surface area contributed by atoms with E-state index in [-0.39, 0.29) is 11.9 Å². The van der Waals surface area contributed by atoms with Crippen LogP contribution in [0.1, 0.15) is 38.4 Å². The highest BCUT2D eigenvalue weighted by molar-refractivity contribution is 6.30. The number of aromatic nitrogens is 2. The summed E-state index contributed by atoms with van der Waals surface area (Å²) in [5, 5.41) is 3.35. The Labute approximate surface area is 131 Å². The third kappa shape index (κ3) is 3.22. The summed E-state index contributed by atoms with van der Waals surface area (Å²) in [5.74, 6) is -1.23. The number of hydrogen-bond donors (Lipinski definition) is 2. The predicted octanol–water partition coefficient (Wildman–Crippen LogP) is 3.08. The fourth-order valence-electron chi connectivity index (χ4n) is 2.17. The Bertz CT molecular complexity index is 798. The number of rotatable bonds is 4. The van der Waals surface area contributed by atoms with E-state index in [2.05, 4.69) is 10.3 Å². The molecule has 0 amide bonds. The summed E-state index contributed by atoms with van der Waals surface area (Å²) >= 11 is 5.92. The first-order valence-electron chi connectivity index (χ1n) is 6.87. The maximum absolute atomic E-state index is 14.2. The van der Waals surface area contributed by atoms with E-state index < -0.39 is 23.1 Å². The molecule has 0 aliphatic rings.